The molecule has 1 heterocycles. The van der Waals surface area contributed by atoms with E-state index in [9.17, 15) is 9.90 Å². The smallest absolute Gasteiger partial charge is 0.254 e. The summed E-state index contributed by atoms with van der Waals surface area (Å²) in [5.41, 5.74) is 0.281. The molecule has 20 heavy (non-hydrogen) atoms. The fourth-order valence-corrected chi connectivity index (χ4v) is 1.66. The molecule has 1 atom stereocenters. The SMILES string of the molecule is Cc1ncc(C(=O)NCC(C)(O)C(C)C)c(C(C)C)n1. The van der Waals surface area contributed by atoms with Crippen LogP contribution in [0.25, 0.3) is 0 Å². The van der Waals surface area contributed by atoms with Crippen molar-refractivity contribution in [2.75, 3.05) is 6.54 Å². The van der Waals surface area contributed by atoms with E-state index in [0.717, 1.165) is 5.69 Å². The molecule has 5 heteroatoms. The van der Waals surface area contributed by atoms with Gasteiger partial charge in [-0.3, -0.25) is 4.79 Å². The second kappa shape index (κ2) is 6.31. The quantitative estimate of drug-likeness (QED) is 0.865. The van der Waals surface area contributed by atoms with Gasteiger partial charge >= 0.3 is 0 Å². The van der Waals surface area contributed by atoms with Gasteiger partial charge < -0.3 is 10.4 Å². The van der Waals surface area contributed by atoms with Crippen molar-refractivity contribution in [3.8, 4) is 0 Å². The zero-order valence-electron chi connectivity index (χ0n) is 13.2. The van der Waals surface area contributed by atoms with Gasteiger partial charge in [-0.1, -0.05) is 27.7 Å². The number of aromatic nitrogens is 2. The van der Waals surface area contributed by atoms with Crippen molar-refractivity contribution >= 4 is 5.91 Å². The monoisotopic (exact) mass is 279 g/mol. The van der Waals surface area contributed by atoms with E-state index in [2.05, 4.69) is 15.3 Å². The average Bonchev–Trinajstić information content (AvgIpc) is 2.35. The second-order valence-corrected chi connectivity index (χ2v) is 6.07. The van der Waals surface area contributed by atoms with E-state index < -0.39 is 5.60 Å². The number of aliphatic hydroxyl groups is 1. The van der Waals surface area contributed by atoms with Gasteiger partial charge in [0.15, 0.2) is 0 Å². The molecule has 5 nitrogen and oxygen atoms in total. The van der Waals surface area contributed by atoms with Crippen molar-refractivity contribution in [2.45, 2.75) is 53.1 Å². The number of hydrogen-bond acceptors (Lipinski definition) is 4. The molecule has 0 radical (unpaired) electrons. The van der Waals surface area contributed by atoms with E-state index in [1.807, 2.05) is 27.7 Å². The topological polar surface area (TPSA) is 75.1 Å². The maximum absolute atomic E-state index is 12.2. The summed E-state index contributed by atoms with van der Waals surface area (Å²) < 4.78 is 0. The Morgan fingerprint density at radius 3 is 2.50 bits per heavy atom. The molecule has 0 saturated carbocycles. The van der Waals surface area contributed by atoms with E-state index >= 15 is 0 Å². The molecule has 0 aliphatic rings. The number of aryl methyl sites for hydroxylation is 1. The Kier molecular flexibility index (Phi) is 5.22. The lowest BCUT2D eigenvalue weighted by Gasteiger charge is -2.28. The summed E-state index contributed by atoms with van der Waals surface area (Å²) in [7, 11) is 0. The van der Waals surface area contributed by atoms with Gasteiger partial charge in [-0.05, 0) is 25.7 Å². The van der Waals surface area contributed by atoms with Gasteiger partial charge in [-0.25, -0.2) is 9.97 Å². The third-order valence-electron chi connectivity index (χ3n) is 3.58. The molecule has 0 aliphatic carbocycles. The molecule has 1 rings (SSSR count). The minimum atomic E-state index is -0.931. The number of rotatable bonds is 5. The molecule has 1 unspecified atom stereocenters. The summed E-state index contributed by atoms with van der Waals surface area (Å²) in [6, 6.07) is 0. The van der Waals surface area contributed by atoms with Gasteiger partial charge in [-0.2, -0.15) is 0 Å². The van der Waals surface area contributed by atoms with Crippen molar-refractivity contribution < 1.29 is 9.90 Å². The molecule has 1 amide bonds. The Morgan fingerprint density at radius 2 is 2.00 bits per heavy atom. The fraction of sp³-hybridized carbons (Fsp3) is 0.667. The van der Waals surface area contributed by atoms with E-state index in [1.54, 1.807) is 20.0 Å². The van der Waals surface area contributed by atoms with Gasteiger partial charge in [-0.15, -0.1) is 0 Å². The lowest BCUT2D eigenvalue weighted by Crippen LogP contribution is -2.44. The first-order chi connectivity index (χ1) is 9.15. The lowest BCUT2D eigenvalue weighted by atomic mass is 9.92. The highest BCUT2D eigenvalue weighted by Crippen LogP contribution is 2.18. The van der Waals surface area contributed by atoms with E-state index in [1.165, 1.54) is 0 Å². The van der Waals surface area contributed by atoms with Crippen molar-refractivity contribution in [3.63, 3.8) is 0 Å². The summed E-state index contributed by atoms with van der Waals surface area (Å²) >= 11 is 0. The molecular formula is C15H25N3O2. The highest BCUT2D eigenvalue weighted by Gasteiger charge is 2.26. The summed E-state index contributed by atoms with van der Waals surface area (Å²) in [6.07, 6.45) is 1.55. The molecule has 0 aromatic carbocycles. The number of carbonyl (C=O) groups is 1. The van der Waals surface area contributed by atoms with Crippen molar-refractivity contribution in [2.24, 2.45) is 5.92 Å². The number of hydrogen-bond donors (Lipinski definition) is 2. The second-order valence-electron chi connectivity index (χ2n) is 6.07. The predicted octanol–water partition coefficient (Wildman–Crippen LogP) is 2.05. The third kappa shape index (κ3) is 4.00. The Morgan fingerprint density at radius 1 is 1.40 bits per heavy atom. The number of amides is 1. The van der Waals surface area contributed by atoms with E-state index in [4.69, 9.17) is 0 Å². The number of carbonyl (C=O) groups excluding carboxylic acids is 1. The maximum atomic E-state index is 12.2. The van der Waals surface area contributed by atoms with Crippen LogP contribution in [0.3, 0.4) is 0 Å². The summed E-state index contributed by atoms with van der Waals surface area (Å²) in [5, 5.41) is 12.9. The van der Waals surface area contributed by atoms with Crippen LogP contribution >= 0.6 is 0 Å². The largest absolute Gasteiger partial charge is 0.388 e. The first-order valence-electron chi connectivity index (χ1n) is 6.99. The fourth-order valence-electron chi connectivity index (χ4n) is 1.66. The molecule has 1 aromatic heterocycles. The standard InChI is InChI=1S/C15H25N3O2/c1-9(2)13-12(7-16-11(5)18-13)14(19)17-8-15(6,20)10(3)4/h7,9-10,20H,8H2,1-6H3,(H,17,19). The summed E-state index contributed by atoms with van der Waals surface area (Å²) in [4.78, 5) is 20.7. The molecule has 0 aliphatic heterocycles. The minimum Gasteiger partial charge on any atom is -0.388 e. The Balaban J connectivity index is 2.88. The van der Waals surface area contributed by atoms with Gasteiger partial charge in [0.1, 0.15) is 5.82 Å². The molecule has 0 saturated heterocycles. The van der Waals surface area contributed by atoms with Gasteiger partial charge in [0, 0.05) is 12.7 Å². The zero-order chi connectivity index (χ0) is 15.5. The molecular weight excluding hydrogens is 254 g/mol. The van der Waals surface area contributed by atoms with Crippen molar-refractivity contribution in [1.82, 2.24) is 15.3 Å². The number of nitrogens with zero attached hydrogens (tertiary/aromatic N) is 2. The normalized spacial score (nSPS) is 14.4. The van der Waals surface area contributed by atoms with Gasteiger partial charge in [0.25, 0.3) is 5.91 Å². The van der Waals surface area contributed by atoms with Crippen LogP contribution in [-0.2, 0) is 0 Å². The highest BCUT2D eigenvalue weighted by molar-refractivity contribution is 5.95. The van der Waals surface area contributed by atoms with Crippen LogP contribution in [-0.4, -0.2) is 33.1 Å². The number of nitrogens with one attached hydrogen (secondary N) is 1. The van der Waals surface area contributed by atoms with Gasteiger partial charge in [0.05, 0.1) is 16.9 Å². The average molecular weight is 279 g/mol. The van der Waals surface area contributed by atoms with Crippen LogP contribution in [0.5, 0.6) is 0 Å². The first-order valence-corrected chi connectivity index (χ1v) is 6.99. The van der Waals surface area contributed by atoms with Crippen molar-refractivity contribution in [1.29, 1.82) is 0 Å². The minimum absolute atomic E-state index is 0.0571. The summed E-state index contributed by atoms with van der Waals surface area (Å²) in [6.45, 7) is 11.5. The van der Waals surface area contributed by atoms with Crippen LogP contribution in [0.15, 0.2) is 6.20 Å². The lowest BCUT2D eigenvalue weighted by molar-refractivity contribution is 0.0142. The molecule has 1 aromatic rings. The molecule has 2 N–H and O–H groups in total. The van der Waals surface area contributed by atoms with Crippen LogP contribution in [0.4, 0.5) is 0 Å². The molecule has 0 bridgehead atoms. The van der Waals surface area contributed by atoms with Crippen LogP contribution in [0.1, 0.15) is 62.4 Å². The highest BCUT2D eigenvalue weighted by atomic mass is 16.3. The Bertz CT molecular complexity index is 482. The summed E-state index contributed by atoms with van der Waals surface area (Å²) in [5.74, 6) is 0.610. The predicted molar refractivity (Wildman–Crippen MR) is 78.7 cm³/mol. The molecule has 0 spiro atoms. The molecule has 0 fully saturated rings. The van der Waals surface area contributed by atoms with Gasteiger partial charge in [0.2, 0.25) is 0 Å². The van der Waals surface area contributed by atoms with Crippen molar-refractivity contribution in [3.05, 3.63) is 23.3 Å². The van der Waals surface area contributed by atoms with Crippen LogP contribution in [0.2, 0.25) is 0 Å². The van der Waals surface area contributed by atoms with E-state index in [-0.39, 0.29) is 24.3 Å². The Hall–Kier alpha value is -1.49. The Labute approximate surface area is 120 Å². The first kappa shape index (κ1) is 16.6. The van der Waals surface area contributed by atoms with E-state index in [0.29, 0.717) is 11.4 Å². The van der Waals surface area contributed by atoms with Crippen LogP contribution < -0.4 is 5.32 Å². The zero-order valence-corrected chi connectivity index (χ0v) is 13.2. The van der Waals surface area contributed by atoms with Crippen LogP contribution in [0, 0.1) is 12.8 Å². The molecule has 112 valence electrons. The maximum Gasteiger partial charge on any atom is 0.254 e. The third-order valence-corrected chi connectivity index (χ3v) is 3.58.